The summed E-state index contributed by atoms with van der Waals surface area (Å²) in [5.41, 5.74) is 0. The third-order valence-electron chi connectivity index (χ3n) is 3.48. The molecule has 2 atom stereocenters. The van der Waals surface area contributed by atoms with Crippen LogP contribution in [0.5, 0.6) is 0 Å². The fourth-order valence-electron chi connectivity index (χ4n) is 2.32. The average molecular weight is 322 g/mol. The van der Waals surface area contributed by atoms with Crippen LogP contribution in [0.2, 0.25) is 0 Å². The predicted molar refractivity (Wildman–Crippen MR) is 76.6 cm³/mol. The number of unbranched alkanes of at least 4 members (excludes halogenated alkanes) is 3. The largest absolute Gasteiger partial charge is 0.481 e. The molecule has 0 aromatic rings. The number of carbonyl (C=O) groups is 2. The van der Waals surface area contributed by atoms with Crippen molar-refractivity contribution in [2.24, 2.45) is 5.92 Å². The molecule has 122 valence electrons. The van der Waals surface area contributed by atoms with Crippen LogP contribution in [0.4, 0.5) is 0 Å². The quantitative estimate of drug-likeness (QED) is 0.301. The van der Waals surface area contributed by atoms with E-state index in [1.807, 2.05) is 6.92 Å². The van der Waals surface area contributed by atoms with Gasteiger partial charge in [-0.1, -0.05) is 38.7 Å². The van der Waals surface area contributed by atoms with Crippen molar-refractivity contribution in [3.05, 3.63) is 12.7 Å². The maximum absolute atomic E-state index is 11.6. The van der Waals surface area contributed by atoms with Crippen molar-refractivity contribution in [3.63, 3.8) is 0 Å². The Hall–Kier alpha value is -1.41. The second-order valence-electron chi connectivity index (χ2n) is 4.90. The topological polar surface area (TPSA) is 129 Å². The first kappa shape index (κ1) is 19.6. The summed E-state index contributed by atoms with van der Waals surface area (Å²) >= 11 is 0. The second-order valence-corrected chi connectivity index (χ2v) is 6.58. The maximum Gasteiger partial charge on any atom is 0.328 e. The minimum Gasteiger partial charge on any atom is -0.481 e. The Morgan fingerprint density at radius 2 is 1.81 bits per heavy atom. The number of hydrogen-bond donors (Lipinski definition) is 3. The highest BCUT2D eigenvalue weighted by molar-refractivity contribution is 7.88. The standard InChI is InChI=1S/C13H22O7S/c1-3-5-6-7-8-10(11(14)15)13(9-4-2,12(16)17)21(18,19)20/h4,10H,2-3,5-9H2,1H3,(H,14,15)(H,16,17)(H,18,19,20). The van der Waals surface area contributed by atoms with E-state index in [2.05, 4.69) is 6.58 Å². The highest BCUT2D eigenvalue weighted by atomic mass is 32.2. The van der Waals surface area contributed by atoms with Crippen LogP contribution in [-0.2, 0) is 19.7 Å². The smallest absolute Gasteiger partial charge is 0.328 e. The Balaban J connectivity index is 5.65. The predicted octanol–water partition coefficient (Wildman–Crippen LogP) is 1.94. The van der Waals surface area contributed by atoms with E-state index >= 15 is 0 Å². The van der Waals surface area contributed by atoms with E-state index in [1.165, 1.54) is 0 Å². The van der Waals surface area contributed by atoms with Gasteiger partial charge in [0.1, 0.15) is 0 Å². The van der Waals surface area contributed by atoms with Crippen molar-refractivity contribution in [1.29, 1.82) is 0 Å². The third kappa shape index (κ3) is 4.53. The lowest BCUT2D eigenvalue weighted by Crippen LogP contribution is -2.54. The lowest BCUT2D eigenvalue weighted by atomic mass is 9.84. The molecular weight excluding hydrogens is 300 g/mol. The van der Waals surface area contributed by atoms with Crippen molar-refractivity contribution >= 4 is 22.1 Å². The molecule has 0 aliphatic heterocycles. The molecule has 0 saturated carbocycles. The molecule has 0 bridgehead atoms. The number of allylic oxidation sites excluding steroid dienone is 1. The van der Waals surface area contributed by atoms with Crippen LogP contribution >= 0.6 is 0 Å². The summed E-state index contributed by atoms with van der Waals surface area (Å²) in [5, 5.41) is 18.5. The van der Waals surface area contributed by atoms with Gasteiger partial charge in [-0.05, 0) is 12.8 Å². The fourth-order valence-corrected chi connectivity index (χ4v) is 3.45. The molecule has 7 nitrogen and oxygen atoms in total. The number of carboxylic acid groups (broad SMARTS) is 2. The monoisotopic (exact) mass is 322 g/mol. The van der Waals surface area contributed by atoms with E-state index in [4.69, 9.17) is 0 Å². The molecule has 0 aliphatic carbocycles. The average Bonchev–Trinajstić information content (AvgIpc) is 2.34. The van der Waals surface area contributed by atoms with Gasteiger partial charge in [-0.2, -0.15) is 8.42 Å². The van der Waals surface area contributed by atoms with Gasteiger partial charge in [-0.25, -0.2) is 0 Å². The Bertz CT molecular complexity index is 483. The van der Waals surface area contributed by atoms with Crippen molar-refractivity contribution in [1.82, 2.24) is 0 Å². The van der Waals surface area contributed by atoms with Gasteiger partial charge in [-0.15, -0.1) is 6.58 Å². The van der Waals surface area contributed by atoms with Crippen molar-refractivity contribution < 1.29 is 32.8 Å². The normalized spacial score (nSPS) is 15.9. The van der Waals surface area contributed by atoms with Gasteiger partial charge in [0.25, 0.3) is 10.1 Å². The lowest BCUT2D eigenvalue weighted by Gasteiger charge is -2.30. The van der Waals surface area contributed by atoms with Gasteiger partial charge in [0.15, 0.2) is 0 Å². The minimum atomic E-state index is -5.13. The Morgan fingerprint density at radius 3 is 2.14 bits per heavy atom. The van der Waals surface area contributed by atoms with Gasteiger partial charge in [0.2, 0.25) is 4.75 Å². The Kier molecular flexibility index (Phi) is 7.59. The van der Waals surface area contributed by atoms with Crippen LogP contribution in [0.3, 0.4) is 0 Å². The van der Waals surface area contributed by atoms with E-state index in [0.29, 0.717) is 12.8 Å². The maximum atomic E-state index is 11.6. The van der Waals surface area contributed by atoms with Gasteiger partial charge in [0.05, 0.1) is 5.92 Å². The molecule has 0 aromatic heterocycles. The molecular formula is C13H22O7S. The highest BCUT2D eigenvalue weighted by Crippen LogP contribution is 2.35. The molecule has 0 saturated heterocycles. The van der Waals surface area contributed by atoms with Crippen LogP contribution in [0, 0.1) is 5.92 Å². The molecule has 0 amide bonds. The van der Waals surface area contributed by atoms with Crippen molar-refractivity contribution in [3.8, 4) is 0 Å². The molecule has 3 N–H and O–H groups in total. The van der Waals surface area contributed by atoms with E-state index in [1.54, 1.807) is 0 Å². The zero-order valence-electron chi connectivity index (χ0n) is 12.0. The number of hydrogen-bond acceptors (Lipinski definition) is 4. The molecule has 0 fully saturated rings. The molecule has 0 heterocycles. The summed E-state index contributed by atoms with van der Waals surface area (Å²) in [6.45, 7) is 5.21. The highest BCUT2D eigenvalue weighted by Gasteiger charge is 2.58. The summed E-state index contributed by atoms with van der Waals surface area (Å²) < 4.78 is 29.7. The van der Waals surface area contributed by atoms with Crippen LogP contribution in [0.15, 0.2) is 12.7 Å². The summed E-state index contributed by atoms with van der Waals surface area (Å²) in [6, 6.07) is 0. The Morgan fingerprint density at radius 1 is 1.24 bits per heavy atom. The first-order chi connectivity index (χ1) is 9.65. The molecule has 2 unspecified atom stereocenters. The van der Waals surface area contributed by atoms with E-state index in [-0.39, 0.29) is 6.42 Å². The van der Waals surface area contributed by atoms with E-state index < -0.39 is 39.1 Å². The molecule has 0 radical (unpaired) electrons. The van der Waals surface area contributed by atoms with Gasteiger partial charge < -0.3 is 10.2 Å². The molecule has 0 aliphatic rings. The van der Waals surface area contributed by atoms with Gasteiger partial charge >= 0.3 is 11.9 Å². The SMILES string of the molecule is C=CCC(C(=O)O)(C(CCCCCC)C(=O)O)S(=O)(=O)O. The van der Waals surface area contributed by atoms with E-state index in [9.17, 15) is 32.8 Å². The first-order valence-corrected chi connectivity index (χ1v) is 8.13. The Labute approximate surface area is 124 Å². The van der Waals surface area contributed by atoms with Gasteiger partial charge in [-0.3, -0.25) is 14.1 Å². The molecule has 21 heavy (non-hydrogen) atoms. The van der Waals surface area contributed by atoms with Crippen LogP contribution < -0.4 is 0 Å². The zero-order valence-corrected chi connectivity index (χ0v) is 12.8. The summed E-state index contributed by atoms with van der Waals surface area (Å²) in [7, 11) is -5.13. The lowest BCUT2D eigenvalue weighted by molar-refractivity contribution is -0.152. The second kappa shape index (κ2) is 8.14. The van der Waals surface area contributed by atoms with Crippen molar-refractivity contribution in [2.75, 3.05) is 0 Å². The molecule has 8 heteroatoms. The zero-order chi connectivity index (χ0) is 16.7. The first-order valence-electron chi connectivity index (χ1n) is 6.69. The number of rotatable bonds is 11. The minimum absolute atomic E-state index is 0.144. The summed E-state index contributed by atoms with van der Waals surface area (Å²) in [4.78, 5) is 22.8. The van der Waals surface area contributed by atoms with Crippen molar-refractivity contribution in [2.45, 2.75) is 50.2 Å². The number of carboxylic acids is 2. The molecule has 0 spiro atoms. The van der Waals surface area contributed by atoms with Crippen LogP contribution in [-0.4, -0.2) is 39.9 Å². The van der Waals surface area contributed by atoms with E-state index in [0.717, 1.165) is 18.9 Å². The summed E-state index contributed by atoms with van der Waals surface area (Å²) in [6.07, 6.45) is 2.93. The summed E-state index contributed by atoms with van der Waals surface area (Å²) in [5.74, 6) is -5.18. The van der Waals surface area contributed by atoms with Gasteiger partial charge in [0, 0.05) is 0 Å². The molecule has 0 rings (SSSR count). The van der Waals surface area contributed by atoms with Crippen LogP contribution in [0.25, 0.3) is 0 Å². The molecule has 0 aromatic carbocycles. The number of aliphatic carboxylic acids is 2. The third-order valence-corrected chi connectivity index (χ3v) is 5.02. The van der Waals surface area contributed by atoms with Crippen LogP contribution in [0.1, 0.15) is 45.4 Å². The fraction of sp³-hybridized carbons (Fsp3) is 0.692.